The molecule has 0 spiro atoms. The van der Waals surface area contributed by atoms with Crippen molar-refractivity contribution < 1.29 is 27.2 Å². The predicted octanol–water partition coefficient (Wildman–Crippen LogP) is 5.62. The van der Waals surface area contributed by atoms with Crippen molar-refractivity contribution >= 4 is 11.7 Å². The summed E-state index contributed by atoms with van der Waals surface area (Å²) in [5, 5.41) is 14.5. The molecule has 1 aliphatic carbocycles. The summed E-state index contributed by atoms with van der Waals surface area (Å²) in [5.74, 6) is 0.516. The Hall–Kier alpha value is -3.50. The Bertz CT molecular complexity index is 1250. The van der Waals surface area contributed by atoms with Crippen LogP contribution in [-0.2, 0) is 16.4 Å². The maximum Gasteiger partial charge on any atom is 0.435 e. The maximum absolute atomic E-state index is 13.5. The van der Waals surface area contributed by atoms with Gasteiger partial charge in [0.15, 0.2) is 5.69 Å². The normalized spacial score (nSPS) is 18.4. The summed E-state index contributed by atoms with van der Waals surface area (Å²) in [7, 11) is 0. The summed E-state index contributed by atoms with van der Waals surface area (Å²) in [4.78, 5) is 25.3. The highest BCUT2D eigenvalue weighted by molar-refractivity contribution is 5.95. The molecule has 0 saturated heterocycles. The van der Waals surface area contributed by atoms with Gasteiger partial charge in [-0.05, 0) is 44.2 Å². The third-order valence-electron chi connectivity index (χ3n) is 6.75. The van der Waals surface area contributed by atoms with Crippen molar-refractivity contribution in [2.45, 2.75) is 76.8 Å². The monoisotopic (exact) mass is 531 g/mol. The number of carbonyl (C=O) groups excluding carboxylic acids is 2. The number of ketones is 1. The summed E-state index contributed by atoms with van der Waals surface area (Å²) in [6, 6.07) is 8.26. The van der Waals surface area contributed by atoms with Crippen LogP contribution in [0.15, 0.2) is 40.9 Å². The van der Waals surface area contributed by atoms with Gasteiger partial charge in [-0.3, -0.25) is 9.59 Å². The van der Waals surface area contributed by atoms with Crippen LogP contribution >= 0.6 is 0 Å². The molecule has 2 aromatic heterocycles. The molecule has 3 aromatic rings. The number of alkyl halides is 3. The Labute approximate surface area is 219 Å². The lowest BCUT2D eigenvalue weighted by atomic mass is 9.79. The Morgan fingerprint density at radius 3 is 2.34 bits per heavy atom. The molecule has 8 nitrogen and oxygen atoms in total. The molecule has 0 radical (unpaired) electrons. The minimum atomic E-state index is -4.78. The van der Waals surface area contributed by atoms with Crippen LogP contribution in [0.5, 0.6) is 0 Å². The Balaban J connectivity index is 1.26. The first-order valence-corrected chi connectivity index (χ1v) is 12.8. The molecule has 1 saturated carbocycles. The fraction of sp³-hybridized carbons (Fsp3) is 0.519. The maximum atomic E-state index is 13.5. The minimum Gasteiger partial charge on any atom is -0.424 e. The molecule has 38 heavy (non-hydrogen) atoms. The first-order valence-electron chi connectivity index (χ1n) is 12.8. The van der Waals surface area contributed by atoms with Crippen molar-refractivity contribution in [2.24, 2.45) is 5.92 Å². The lowest BCUT2D eigenvalue weighted by Crippen LogP contribution is -2.27. The van der Waals surface area contributed by atoms with E-state index in [2.05, 4.69) is 20.6 Å². The Morgan fingerprint density at radius 1 is 1.05 bits per heavy atom. The second kappa shape index (κ2) is 11.1. The minimum absolute atomic E-state index is 0.0760. The standard InChI is InChI=1S/C27H32F3N5O3/c1-26(2,3)25-33-32-24(38-25)18-13-11-17(12-14-18)21(36)10-7-15-31-23(37)20-16-35(19-8-5-4-6-9-19)34-22(20)27(28,29)30/h4-6,8-9,16-18H,7,10-15H2,1-3H3,(H,31,37). The van der Waals surface area contributed by atoms with Crippen molar-refractivity contribution in [3.05, 3.63) is 59.6 Å². The molecule has 2 heterocycles. The number of hydrogen-bond donors (Lipinski definition) is 1. The largest absolute Gasteiger partial charge is 0.435 e. The zero-order valence-corrected chi connectivity index (χ0v) is 21.7. The smallest absolute Gasteiger partial charge is 0.424 e. The van der Waals surface area contributed by atoms with Crippen LogP contribution in [0.3, 0.4) is 0 Å². The van der Waals surface area contributed by atoms with Crippen LogP contribution in [0.25, 0.3) is 5.69 Å². The third-order valence-corrected chi connectivity index (χ3v) is 6.75. The van der Waals surface area contributed by atoms with Gasteiger partial charge in [-0.1, -0.05) is 39.0 Å². The highest BCUT2D eigenvalue weighted by atomic mass is 19.4. The van der Waals surface area contributed by atoms with E-state index in [1.165, 1.54) is 0 Å². The molecule has 1 aliphatic rings. The average molecular weight is 532 g/mol. The van der Waals surface area contributed by atoms with E-state index < -0.39 is 23.3 Å². The molecular weight excluding hydrogens is 499 g/mol. The van der Waals surface area contributed by atoms with Gasteiger partial charge >= 0.3 is 6.18 Å². The van der Waals surface area contributed by atoms with Crippen LogP contribution in [0, 0.1) is 5.92 Å². The van der Waals surface area contributed by atoms with E-state index in [1.807, 2.05) is 20.8 Å². The number of Topliss-reactive ketones (excluding diaryl/α,β-unsaturated/α-hetero) is 1. The van der Waals surface area contributed by atoms with E-state index in [0.29, 0.717) is 23.9 Å². The van der Waals surface area contributed by atoms with E-state index in [4.69, 9.17) is 4.42 Å². The number of carbonyl (C=O) groups is 2. The number of nitrogens with one attached hydrogen (secondary N) is 1. The molecule has 0 bridgehead atoms. The topological polar surface area (TPSA) is 103 Å². The number of benzene rings is 1. The van der Waals surface area contributed by atoms with Crippen molar-refractivity contribution in [2.75, 3.05) is 6.54 Å². The van der Waals surface area contributed by atoms with Gasteiger partial charge in [-0.15, -0.1) is 10.2 Å². The third kappa shape index (κ3) is 6.49. The quantitative estimate of drug-likeness (QED) is 0.378. The zero-order chi connectivity index (χ0) is 27.5. The molecular formula is C27H32F3N5O3. The van der Waals surface area contributed by atoms with Gasteiger partial charge in [-0.2, -0.15) is 18.3 Å². The fourth-order valence-electron chi connectivity index (χ4n) is 4.59. The van der Waals surface area contributed by atoms with Gasteiger partial charge in [0.1, 0.15) is 5.78 Å². The van der Waals surface area contributed by atoms with Crippen LogP contribution in [0.1, 0.15) is 93.0 Å². The fourth-order valence-corrected chi connectivity index (χ4v) is 4.59. The highest BCUT2D eigenvalue weighted by Gasteiger charge is 2.39. The van der Waals surface area contributed by atoms with Crippen LogP contribution in [-0.4, -0.2) is 38.2 Å². The Morgan fingerprint density at radius 2 is 1.74 bits per heavy atom. The zero-order valence-electron chi connectivity index (χ0n) is 21.7. The first-order chi connectivity index (χ1) is 17.9. The van der Waals surface area contributed by atoms with Gasteiger partial charge < -0.3 is 9.73 Å². The number of halogens is 3. The molecule has 1 N–H and O–H groups in total. The highest BCUT2D eigenvalue weighted by Crippen LogP contribution is 2.37. The number of hydrogen-bond acceptors (Lipinski definition) is 6. The lowest BCUT2D eigenvalue weighted by Gasteiger charge is -2.25. The molecule has 1 aromatic carbocycles. The van der Waals surface area contributed by atoms with E-state index in [-0.39, 0.29) is 36.0 Å². The van der Waals surface area contributed by atoms with Crippen molar-refractivity contribution in [1.29, 1.82) is 0 Å². The summed E-state index contributed by atoms with van der Waals surface area (Å²) in [6.45, 7) is 6.12. The Kier molecular flexibility index (Phi) is 8.03. The summed E-state index contributed by atoms with van der Waals surface area (Å²) in [5.41, 5.74) is -1.61. The molecule has 4 rings (SSSR count). The van der Waals surface area contributed by atoms with Crippen LogP contribution in [0.2, 0.25) is 0 Å². The summed E-state index contributed by atoms with van der Waals surface area (Å²) in [6.07, 6.45) is -0.110. The van der Waals surface area contributed by atoms with Gasteiger partial charge in [0.2, 0.25) is 11.8 Å². The number of para-hydroxylation sites is 1. The van der Waals surface area contributed by atoms with Crippen molar-refractivity contribution in [3.8, 4) is 5.69 Å². The SMILES string of the molecule is CC(C)(C)c1nnc(C2CCC(C(=O)CCCNC(=O)c3cn(-c4ccccc4)nc3C(F)(F)F)CC2)o1. The van der Waals surface area contributed by atoms with Gasteiger partial charge in [-0.25, -0.2) is 4.68 Å². The van der Waals surface area contributed by atoms with Gasteiger partial charge in [0.25, 0.3) is 5.91 Å². The molecule has 0 atom stereocenters. The van der Waals surface area contributed by atoms with Crippen LogP contribution in [0.4, 0.5) is 13.2 Å². The second-order valence-electron chi connectivity index (χ2n) is 10.7. The summed E-state index contributed by atoms with van der Waals surface area (Å²) < 4.78 is 47.4. The van der Waals surface area contributed by atoms with E-state index >= 15 is 0 Å². The van der Waals surface area contributed by atoms with Crippen molar-refractivity contribution in [1.82, 2.24) is 25.3 Å². The number of nitrogens with zero attached hydrogens (tertiary/aromatic N) is 4. The van der Waals surface area contributed by atoms with Crippen molar-refractivity contribution in [3.63, 3.8) is 0 Å². The second-order valence-corrected chi connectivity index (χ2v) is 10.7. The van der Waals surface area contributed by atoms with E-state index in [9.17, 15) is 22.8 Å². The number of amides is 1. The van der Waals surface area contributed by atoms with Crippen LogP contribution < -0.4 is 5.32 Å². The van der Waals surface area contributed by atoms with E-state index in [0.717, 1.165) is 36.6 Å². The van der Waals surface area contributed by atoms with E-state index in [1.54, 1.807) is 30.3 Å². The molecule has 204 valence electrons. The van der Waals surface area contributed by atoms with Gasteiger partial charge in [0, 0.05) is 36.4 Å². The average Bonchev–Trinajstić information content (AvgIpc) is 3.55. The first kappa shape index (κ1) is 27.5. The lowest BCUT2D eigenvalue weighted by molar-refractivity contribution is -0.141. The molecule has 0 unspecified atom stereocenters. The van der Waals surface area contributed by atoms with Gasteiger partial charge in [0.05, 0.1) is 11.3 Å². The summed E-state index contributed by atoms with van der Waals surface area (Å²) >= 11 is 0. The molecule has 11 heteroatoms. The number of rotatable bonds is 8. The molecule has 1 fully saturated rings. The predicted molar refractivity (Wildman–Crippen MR) is 133 cm³/mol. The molecule has 0 aliphatic heterocycles. The number of aromatic nitrogens is 4. The molecule has 1 amide bonds.